The van der Waals surface area contributed by atoms with Crippen LogP contribution in [-0.2, 0) is 11.2 Å². The Morgan fingerprint density at radius 3 is 2.63 bits per heavy atom. The molecule has 0 aliphatic carbocycles. The van der Waals surface area contributed by atoms with E-state index in [1.165, 1.54) is 0 Å². The Balaban J connectivity index is 1.64. The number of hydrogen-bond acceptors (Lipinski definition) is 3. The first-order chi connectivity index (χ1) is 12.8. The first kappa shape index (κ1) is 20.1. The first-order valence-electron chi connectivity index (χ1n) is 9.56. The van der Waals surface area contributed by atoms with Gasteiger partial charge in [-0.25, -0.2) is 0 Å². The van der Waals surface area contributed by atoms with Gasteiger partial charge in [0.2, 0.25) is 5.91 Å². The quantitative estimate of drug-likeness (QED) is 0.868. The minimum absolute atomic E-state index is 0.0138. The predicted molar refractivity (Wildman–Crippen MR) is 96.1 cm³/mol. The Labute approximate surface area is 158 Å². The van der Waals surface area contributed by atoms with Crippen LogP contribution in [0.25, 0.3) is 0 Å². The molecule has 4 nitrogen and oxygen atoms in total. The summed E-state index contributed by atoms with van der Waals surface area (Å²) in [6, 6.07) is 9.50. The van der Waals surface area contributed by atoms with E-state index in [4.69, 9.17) is 0 Å². The van der Waals surface area contributed by atoms with Gasteiger partial charge in [0.15, 0.2) is 0 Å². The Bertz CT molecular complexity index is 638. The van der Waals surface area contributed by atoms with Crippen molar-refractivity contribution in [3.05, 3.63) is 35.9 Å². The number of hydrogen-bond donors (Lipinski definition) is 1. The number of nitrogens with zero attached hydrogens (tertiary/aromatic N) is 2. The van der Waals surface area contributed by atoms with E-state index < -0.39 is 24.1 Å². The van der Waals surface area contributed by atoms with Gasteiger partial charge in [-0.15, -0.1) is 0 Å². The van der Waals surface area contributed by atoms with E-state index >= 15 is 0 Å². The van der Waals surface area contributed by atoms with E-state index in [0.29, 0.717) is 39.0 Å². The van der Waals surface area contributed by atoms with Gasteiger partial charge < -0.3 is 14.9 Å². The van der Waals surface area contributed by atoms with Crippen molar-refractivity contribution < 1.29 is 23.1 Å². The van der Waals surface area contributed by atoms with E-state index in [0.717, 1.165) is 18.4 Å². The van der Waals surface area contributed by atoms with Crippen molar-refractivity contribution in [1.29, 1.82) is 0 Å². The van der Waals surface area contributed by atoms with Gasteiger partial charge in [0.05, 0.1) is 18.9 Å². The first-order valence-corrected chi connectivity index (χ1v) is 9.56. The third kappa shape index (κ3) is 5.23. The summed E-state index contributed by atoms with van der Waals surface area (Å²) in [6.45, 7) is 1.90. The Kier molecular flexibility index (Phi) is 6.11. The second-order valence-corrected chi connectivity index (χ2v) is 7.89. The molecule has 7 heteroatoms. The highest BCUT2D eigenvalue weighted by Crippen LogP contribution is 2.39. The van der Waals surface area contributed by atoms with E-state index in [-0.39, 0.29) is 12.5 Å². The van der Waals surface area contributed by atoms with Gasteiger partial charge in [0.1, 0.15) is 0 Å². The fourth-order valence-electron chi connectivity index (χ4n) is 4.37. The Hall–Kier alpha value is -1.60. The van der Waals surface area contributed by atoms with Crippen LogP contribution < -0.4 is 0 Å². The van der Waals surface area contributed by atoms with Crippen LogP contribution in [0.15, 0.2) is 30.3 Å². The molecule has 2 heterocycles. The lowest BCUT2D eigenvalue weighted by Crippen LogP contribution is -2.60. The van der Waals surface area contributed by atoms with Crippen molar-refractivity contribution in [2.24, 2.45) is 5.41 Å². The minimum atomic E-state index is -4.17. The third-order valence-electron chi connectivity index (χ3n) is 5.83. The van der Waals surface area contributed by atoms with Crippen LogP contribution in [0.4, 0.5) is 13.2 Å². The monoisotopic (exact) mass is 384 g/mol. The van der Waals surface area contributed by atoms with E-state index in [1.807, 2.05) is 30.3 Å². The summed E-state index contributed by atoms with van der Waals surface area (Å²) in [5, 5.41) is 10.6. The minimum Gasteiger partial charge on any atom is -0.392 e. The van der Waals surface area contributed by atoms with Crippen LogP contribution in [0.5, 0.6) is 0 Å². The smallest absolute Gasteiger partial charge is 0.390 e. The molecule has 150 valence electrons. The average Bonchev–Trinajstić information content (AvgIpc) is 2.63. The van der Waals surface area contributed by atoms with Gasteiger partial charge in [-0.05, 0) is 24.8 Å². The number of likely N-dealkylation sites (tertiary alicyclic amines) is 2. The zero-order valence-corrected chi connectivity index (χ0v) is 15.4. The molecule has 1 amide bonds. The standard InChI is InChI=1S/C20H27F3N2O2/c21-20(22,23)9-12-24-11-7-17(26)19(14-24)8-4-10-25(15-19)18(27)13-16-5-2-1-3-6-16/h1-3,5-6,17,26H,4,7-15H2/t17-,19-/m1/s1. The van der Waals surface area contributed by atoms with Gasteiger partial charge in [0.25, 0.3) is 0 Å². The van der Waals surface area contributed by atoms with Gasteiger partial charge in [-0.2, -0.15) is 13.2 Å². The molecule has 0 bridgehead atoms. The number of piperidine rings is 2. The summed E-state index contributed by atoms with van der Waals surface area (Å²) >= 11 is 0. The molecule has 1 aromatic carbocycles. The molecule has 3 rings (SSSR count). The summed E-state index contributed by atoms with van der Waals surface area (Å²) in [7, 11) is 0. The molecular weight excluding hydrogens is 357 g/mol. The van der Waals surface area contributed by atoms with Crippen LogP contribution >= 0.6 is 0 Å². The van der Waals surface area contributed by atoms with Crippen molar-refractivity contribution in [2.45, 2.75) is 44.4 Å². The number of aliphatic hydroxyl groups excluding tert-OH is 1. The summed E-state index contributed by atoms with van der Waals surface area (Å²) in [5.74, 6) is 0.0138. The molecule has 27 heavy (non-hydrogen) atoms. The molecule has 1 aromatic rings. The maximum absolute atomic E-state index is 12.7. The number of rotatable bonds is 4. The number of alkyl halides is 3. The molecular formula is C20H27F3N2O2. The number of carbonyl (C=O) groups excluding carboxylic acids is 1. The normalized spacial score (nSPS) is 27.1. The topological polar surface area (TPSA) is 43.8 Å². The number of carbonyl (C=O) groups is 1. The van der Waals surface area contributed by atoms with Crippen molar-refractivity contribution in [3.63, 3.8) is 0 Å². The number of benzene rings is 1. The Morgan fingerprint density at radius 1 is 1.19 bits per heavy atom. The van der Waals surface area contributed by atoms with Gasteiger partial charge in [-0.1, -0.05) is 30.3 Å². The fourth-order valence-corrected chi connectivity index (χ4v) is 4.37. The van der Waals surface area contributed by atoms with Crippen LogP contribution in [0.2, 0.25) is 0 Å². The summed E-state index contributed by atoms with van der Waals surface area (Å²) in [4.78, 5) is 16.3. The lowest BCUT2D eigenvalue weighted by molar-refractivity contribution is -0.148. The number of aliphatic hydroxyl groups is 1. The average molecular weight is 384 g/mol. The molecule has 0 aromatic heterocycles. The van der Waals surface area contributed by atoms with Gasteiger partial charge in [-0.3, -0.25) is 4.79 Å². The summed E-state index contributed by atoms with van der Waals surface area (Å²) in [6.07, 6.45) is -3.31. The van der Waals surface area contributed by atoms with E-state index in [9.17, 15) is 23.1 Å². The molecule has 2 atom stereocenters. The lowest BCUT2D eigenvalue weighted by Gasteiger charge is -2.51. The van der Waals surface area contributed by atoms with E-state index in [1.54, 1.807) is 9.80 Å². The van der Waals surface area contributed by atoms with Crippen molar-refractivity contribution in [1.82, 2.24) is 9.80 Å². The highest BCUT2D eigenvalue weighted by atomic mass is 19.4. The second-order valence-electron chi connectivity index (χ2n) is 7.89. The summed E-state index contributed by atoms with van der Waals surface area (Å²) in [5.41, 5.74) is 0.423. The molecule has 0 unspecified atom stereocenters. The zero-order chi connectivity index (χ0) is 19.5. The van der Waals surface area contributed by atoms with Crippen molar-refractivity contribution in [3.8, 4) is 0 Å². The van der Waals surface area contributed by atoms with Crippen molar-refractivity contribution >= 4 is 5.91 Å². The SMILES string of the molecule is O=C(Cc1ccccc1)N1CCC[C@@]2(CN(CCC(F)(F)F)CC[C@H]2O)C1. The Morgan fingerprint density at radius 2 is 1.93 bits per heavy atom. The molecule has 2 aliphatic rings. The highest BCUT2D eigenvalue weighted by Gasteiger charge is 2.46. The molecule has 1 spiro atoms. The summed E-state index contributed by atoms with van der Waals surface area (Å²) < 4.78 is 37.7. The van der Waals surface area contributed by atoms with Crippen molar-refractivity contribution in [2.75, 3.05) is 32.7 Å². The molecule has 2 aliphatic heterocycles. The van der Waals surface area contributed by atoms with Crippen LogP contribution in [-0.4, -0.2) is 65.8 Å². The third-order valence-corrected chi connectivity index (χ3v) is 5.83. The van der Waals surface area contributed by atoms with Crippen LogP contribution in [0, 0.1) is 5.41 Å². The molecule has 2 fully saturated rings. The van der Waals surface area contributed by atoms with Crippen LogP contribution in [0.3, 0.4) is 0 Å². The van der Waals surface area contributed by atoms with Gasteiger partial charge >= 0.3 is 6.18 Å². The molecule has 0 saturated carbocycles. The van der Waals surface area contributed by atoms with E-state index in [2.05, 4.69) is 0 Å². The zero-order valence-electron chi connectivity index (χ0n) is 15.4. The second kappa shape index (κ2) is 8.19. The van der Waals surface area contributed by atoms with Crippen LogP contribution in [0.1, 0.15) is 31.2 Å². The fraction of sp³-hybridized carbons (Fsp3) is 0.650. The maximum Gasteiger partial charge on any atom is 0.390 e. The number of halogens is 3. The predicted octanol–water partition coefficient (Wildman–Crippen LogP) is 2.86. The largest absolute Gasteiger partial charge is 0.392 e. The molecule has 0 radical (unpaired) electrons. The maximum atomic E-state index is 12.7. The van der Waals surface area contributed by atoms with Gasteiger partial charge in [0, 0.05) is 38.1 Å². The number of amides is 1. The highest BCUT2D eigenvalue weighted by molar-refractivity contribution is 5.79. The molecule has 2 saturated heterocycles. The molecule has 1 N–H and O–H groups in total. The lowest BCUT2D eigenvalue weighted by atomic mass is 9.71.